The van der Waals surface area contributed by atoms with E-state index in [2.05, 4.69) is 0 Å². The van der Waals surface area contributed by atoms with Crippen LogP contribution in [0.5, 0.6) is 0 Å². The van der Waals surface area contributed by atoms with Crippen LogP contribution < -0.4 is 0 Å². The van der Waals surface area contributed by atoms with Crippen molar-refractivity contribution in [2.24, 2.45) is 5.92 Å². The van der Waals surface area contributed by atoms with Crippen LogP contribution in [0.2, 0.25) is 0 Å². The van der Waals surface area contributed by atoms with E-state index in [0.717, 1.165) is 5.56 Å². The highest BCUT2D eigenvalue weighted by molar-refractivity contribution is 5.69. The number of carbonyl (C=O) groups is 1. The lowest BCUT2D eigenvalue weighted by Crippen LogP contribution is -2.11. The second-order valence-corrected chi connectivity index (χ2v) is 4.54. The zero-order valence-corrected chi connectivity index (χ0v) is 10.4. The standard InChI is InChI=1S/C14H20O3/c1-11(2)10-17-14(16)9-8-13(15)12-6-4-3-5-7-12/h3-7,11,13,15H,8-10H2,1-2H3. The molecule has 0 aromatic heterocycles. The first kappa shape index (κ1) is 13.7. The van der Waals surface area contributed by atoms with Gasteiger partial charge in [0.05, 0.1) is 12.7 Å². The Labute approximate surface area is 102 Å². The highest BCUT2D eigenvalue weighted by Gasteiger charge is 2.11. The lowest BCUT2D eigenvalue weighted by Gasteiger charge is -2.11. The molecule has 0 aliphatic rings. The smallest absolute Gasteiger partial charge is 0.305 e. The fourth-order valence-corrected chi connectivity index (χ4v) is 1.43. The fraction of sp³-hybridized carbons (Fsp3) is 0.500. The van der Waals surface area contributed by atoms with Gasteiger partial charge < -0.3 is 9.84 Å². The zero-order chi connectivity index (χ0) is 12.7. The van der Waals surface area contributed by atoms with Gasteiger partial charge in [0.25, 0.3) is 0 Å². The van der Waals surface area contributed by atoms with E-state index in [9.17, 15) is 9.90 Å². The third-order valence-corrected chi connectivity index (χ3v) is 2.38. The Kier molecular flexibility index (Phi) is 5.70. The van der Waals surface area contributed by atoms with Crippen LogP contribution in [0.4, 0.5) is 0 Å². The quantitative estimate of drug-likeness (QED) is 0.772. The van der Waals surface area contributed by atoms with Gasteiger partial charge in [-0.3, -0.25) is 4.79 Å². The highest BCUT2D eigenvalue weighted by atomic mass is 16.5. The second kappa shape index (κ2) is 7.07. The number of esters is 1. The molecule has 0 radical (unpaired) electrons. The summed E-state index contributed by atoms with van der Waals surface area (Å²) in [5.41, 5.74) is 0.837. The van der Waals surface area contributed by atoms with Gasteiger partial charge in [0.2, 0.25) is 0 Å². The maximum Gasteiger partial charge on any atom is 0.305 e. The molecular weight excluding hydrogens is 216 g/mol. The summed E-state index contributed by atoms with van der Waals surface area (Å²) >= 11 is 0. The summed E-state index contributed by atoms with van der Waals surface area (Å²) in [4.78, 5) is 11.3. The van der Waals surface area contributed by atoms with Gasteiger partial charge in [-0.05, 0) is 17.9 Å². The van der Waals surface area contributed by atoms with Gasteiger partial charge in [0, 0.05) is 6.42 Å². The van der Waals surface area contributed by atoms with Crippen molar-refractivity contribution >= 4 is 5.97 Å². The molecule has 1 N–H and O–H groups in total. The van der Waals surface area contributed by atoms with E-state index >= 15 is 0 Å². The van der Waals surface area contributed by atoms with Gasteiger partial charge in [0.15, 0.2) is 0 Å². The SMILES string of the molecule is CC(C)COC(=O)CCC(O)c1ccccc1. The van der Waals surface area contributed by atoms with Gasteiger partial charge in [-0.1, -0.05) is 44.2 Å². The van der Waals surface area contributed by atoms with Gasteiger partial charge in [-0.2, -0.15) is 0 Å². The van der Waals surface area contributed by atoms with Crippen molar-refractivity contribution in [1.82, 2.24) is 0 Å². The molecular formula is C14H20O3. The van der Waals surface area contributed by atoms with Gasteiger partial charge in [0.1, 0.15) is 0 Å². The lowest BCUT2D eigenvalue weighted by atomic mass is 10.1. The predicted molar refractivity (Wildman–Crippen MR) is 66.4 cm³/mol. The van der Waals surface area contributed by atoms with Crippen LogP contribution in [-0.4, -0.2) is 17.7 Å². The van der Waals surface area contributed by atoms with E-state index < -0.39 is 6.10 Å². The Morgan fingerprint density at radius 2 is 1.94 bits per heavy atom. The molecule has 0 spiro atoms. The summed E-state index contributed by atoms with van der Waals surface area (Å²) in [5, 5.41) is 9.84. The molecule has 1 unspecified atom stereocenters. The molecule has 3 heteroatoms. The number of hydrogen-bond acceptors (Lipinski definition) is 3. The first-order valence-corrected chi connectivity index (χ1v) is 5.98. The maximum absolute atomic E-state index is 11.3. The van der Waals surface area contributed by atoms with Crippen LogP contribution in [-0.2, 0) is 9.53 Å². The van der Waals surface area contributed by atoms with Crippen LogP contribution >= 0.6 is 0 Å². The molecule has 0 saturated carbocycles. The molecule has 0 amide bonds. The first-order chi connectivity index (χ1) is 8.09. The molecule has 1 aromatic rings. The van der Waals surface area contributed by atoms with Crippen molar-refractivity contribution in [3.05, 3.63) is 35.9 Å². The van der Waals surface area contributed by atoms with E-state index in [0.29, 0.717) is 18.9 Å². The van der Waals surface area contributed by atoms with Gasteiger partial charge in [-0.25, -0.2) is 0 Å². The molecule has 0 saturated heterocycles. The van der Waals surface area contributed by atoms with Gasteiger partial charge in [-0.15, -0.1) is 0 Å². The van der Waals surface area contributed by atoms with Crippen molar-refractivity contribution in [1.29, 1.82) is 0 Å². The van der Waals surface area contributed by atoms with Crippen LogP contribution in [0.25, 0.3) is 0 Å². The summed E-state index contributed by atoms with van der Waals surface area (Å²) in [6.45, 7) is 4.43. The minimum atomic E-state index is -0.595. The monoisotopic (exact) mass is 236 g/mol. The average molecular weight is 236 g/mol. The zero-order valence-electron chi connectivity index (χ0n) is 10.4. The van der Waals surface area contributed by atoms with Crippen molar-refractivity contribution in [2.75, 3.05) is 6.61 Å². The Bertz CT molecular complexity index is 333. The van der Waals surface area contributed by atoms with Crippen LogP contribution in [0, 0.1) is 5.92 Å². The number of ether oxygens (including phenoxy) is 1. The summed E-state index contributed by atoms with van der Waals surface area (Å²) in [6.07, 6.45) is 0.0618. The predicted octanol–water partition coefficient (Wildman–Crippen LogP) is 2.70. The number of aliphatic hydroxyl groups excluding tert-OH is 1. The Balaban J connectivity index is 2.29. The number of carbonyl (C=O) groups excluding carboxylic acids is 1. The maximum atomic E-state index is 11.3. The van der Waals surface area contributed by atoms with Crippen LogP contribution in [0.15, 0.2) is 30.3 Å². The van der Waals surface area contributed by atoms with Gasteiger partial charge >= 0.3 is 5.97 Å². The molecule has 0 heterocycles. The first-order valence-electron chi connectivity index (χ1n) is 5.98. The summed E-state index contributed by atoms with van der Waals surface area (Å²) < 4.78 is 5.04. The fourth-order valence-electron chi connectivity index (χ4n) is 1.43. The van der Waals surface area contributed by atoms with Crippen LogP contribution in [0.3, 0.4) is 0 Å². The topological polar surface area (TPSA) is 46.5 Å². The van der Waals surface area contributed by atoms with Crippen LogP contribution in [0.1, 0.15) is 38.4 Å². The lowest BCUT2D eigenvalue weighted by molar-refractivity contribution is -0.145. The van der Waals surface area contributed by atoms with Crippen molar-refractivity contribution in [2.45, 2.75) is 32.8 Å². The van der Waals surface area contributed by atoms with E-state index in [1.807, 2.05) is 44.2 Å². The third-order valence-electron chi connectivity index (χ3n) is 2.38. The summed E-state index contributed by atoms with van der Waals surface area (Å²) in [6, 6.07) is 9.34. The largest absolute Gasteiger partial charge is 0.465 e. The highest BCUT2D eigenvalue weighted by Crippen LogP contribution is 2.17. The van der Waals surface area contributed by atoms with E-state index in [-0.39, 0.29) is 12.4 Å². The van der Waals surface area contributed by atoms with Crippen molar-refractivity contribution < 1.29 is 14.6 Å². The average Bonchev–Trinajstić information content (AvgIpc) is 2.34. The van der Waals surface area contributed by atoms with E-state index in [4.69, 9.17) is 4.74 Å². The number of rotatable bonds is 6. The molecule has 0 fully saturated rings. The molecule has 1 rings (SSSR count). The van der Waals surface area contributed by atoms with E-state index in [1.165, 1.54) is 0 Å². The number of benzene rings is 1. The Morgan fingerprint density at radius 1 is 1.29 bits per heavy atom. The molecule has 0 aliphatic carbocycles. The normalized spacial score (nSPS) is 12.5. The molecule has 17 heavy (non-hydrogen) atoms. The Morgan fingerprint density at radius 3 is 2.53 bits per heavy atom. The van der Waals surface area contributed by atoms with Crippen molar-refractivity contribution in [3.63, 3.8) is 0 Å². The Hall–Kier alpha value is -1.35. The number of aliphatic hydroxyl groups is 1. The molecule has 1 aromatic carbocycles. The molecule has 1 atom stereocenters. The molecule has 94 valence electrons. The molecule has 3 nitrogen and oxygen atoms in total. The molecule has 0 bridgehead atoms. The van der Waals surface area contributed by atoms with Crippen molar-refractivity contribution in [3.8, 4) is 0 Å². The second-order valence-electron chi connectivity index (χ2n) is 4.54. The number of hydrogen-bond donors (Lipinski definition) is 1. The third kappa shape index (κ3) is 5.50. The summed E-state index contributed by atoms with van der Waals surface area (Å²) in [7, 11) is 0. The molecule has 0 aliphatic heterocycles. The van der Waals surface area contributed by atoms with E-state index in [1.54, 1.807) is 0 Å². The minimum Gasteiger partial charge on any atom is -0.465 e. The summed E-state index contributed by atoms with van der Waals surface area (Å²) in [5.74, 6) is 0.103. The minimum absolute atomic E-state index is 0.242.